The molecule has 0 spiro atoms. The molecule has 58 heavy (non-hydrogen) atoms. The summed E-state index contributed by atoms with van der Waals surface area (Å²) in [6.45, 7) is 11.5. The van der Waals surface area contributed by atoms with E-state index in [0.717, 1.165) is 106 Å². The van der Waals surface area contributed by atoms with Crippen LogP contribution in [-0.2, 0) is 9.47 Å². The monoisotopic (exact) mass is 776 g/mol. The molecule has 2 N–H and O–H groups in total. The van der Waals surface area contributed by atoms with E-state index in [4.69, 9.17) is 19.4 Å². The third-order valence-corrected chi connectivity index (χ3v) is 12.7. The molecule has 10 nitrogen and oxygen atoms in total. The normalized spacial score (nSPS) is 24.0. The van der Waals surface area contributed by atoms with Crippen molar-refractivity contribution < 1.29 is 19.1 Å². The number of hydrogen-bond acceptors (Lipinski definition) is 6. The van der Waals surface area contributed by atoms with Gasteiger partial charge in [-0.05, 0) is 150 Å². The van der Waals surface area contributed by atoms with E-state index in [0.29, 0.717) is 11.8 Å². The summed E-state index contributed by atoms with van der Waals surface area (Å²) in [6.07, 6.45) is 5.77. The first kappa shape index (κ1) is 36.7. The second kappa shape index (κ2) is 13.5. The average molecular weight is 777 g/mol. The number of H-pyrrole nitrogens is 2. The van der Waals surface area contributed by atoms with Gasteiger partial charge in [0.2, 0.25) is 0 Å². The Bertz CT molecular complexity index is 2360. The van der Waals surface area contributed by atoms with Crippen molar-refractivity contribution in [2.24, 2.45) is 11.8 Å². The molecular weight excluding hydrogens is 725 g/mol. The zero-order valence-electron chi connectivity index (χ0n) is 34.2. The molecule has 2 aliphatic carbocycles. The average Bonchev–Trinajstić information content (AvgIpc) is 4.05. The number of aromatic amines is 2. The topological polar surface area (TPSA) is 116 Å². The molecule has 2 saturated carbocycles. The first-order chi connectivity index (χ1) is 27.7. The van der Waals surface area contributed by atoms with Crippen molar-refractivity contribution in [3.05, 3.63) is 96.6 Å². The van der Waals surface area contributed by atoms with Gasteiger partial charge in [-0.1, -0.05) is 60.7 Å². The lowest BCUT2D eigenvalue weighted by atomic mass is 9.98. The van der Waals surface area contributed by atoms with Crippen molar-refractivity contribution in [2.45, 2.75) is 115 Å². The summed E-state index contributed by atoms with van der Waals surface area (Å²) in [7, 11) is 0. The van der Waals surface area contributed by atoms with Crippen LogP contribution in [0.3, 0.4) is 0 Å². The number of aromatic nitrogens is 4. The van der Waals surface area contributed by atoms with E-state index >= 15 is 0 Å². The molecule has 2 amide bonds. The van der Waals surface area contributed by atoms with Gasteiger partial charge in [0.05, 0.1) is 34.2 Å². The highest BCUT2D eigenvalue weighted by Crippen LogP contribution is 2.51. The Kier molecular flexibility index (Phi) is 8.52. The first-order valence-corrected chi connectivity index (χ1v) is 21.0. The standard InChI is InChI=1S/C48H52N6O4/c1-47(2,3)57-45(55)53-35-19-15-33(23-35)41(53)43-49-37-21-17-31(25-39(37)51-43)29-11-7-27(8-12-29)28-9-13-30(14-10-28)32-18-22-38-40(26-32)52-44(50-38)42-34-16-20-36(24-34)54(42)46(56)58-48(4,5)6/h7-14,17-18,21-22,25-26,33-36,41-42H,15-16,19-20,23-24H2,1-6H3,(H,49,51)(H,50,52)/t33-,34-,35-,36-,41+,42+/m1/s1. The van der Waals surface area contributed by atoms with E-state index in [9.17, 15) is 9.59 Å². The number of carbonyl (C=O) groups excluding carboxylic acids is 2. The maximum absolute atomic E-state index is 13.3. The first-order valence-electron chi connectivity index (χ1n) is 21.0. The number of likely N-dealkylation sites (tertiary alicyclic amines) is 2. The summed E-state index contributed by atoms with van der Waals surface area (Å²) in [6, 6.07) is 30.3. The second-order valence-electron chi connectivity index (χ2n) is 19.0. The van der Waals surface area contributed by atoms with Crippen molar-refractivity contribution in [3.8, 4) is 33.4 Å². The number of nitrogens with zero attached hydrogens (tertiary/aromatic N) is 4. The van der Waals surface area contributed by atoms with Crippen LogP contribution < -0.4 is 0 Å². The zero-order chi connectivity index (χ0) is 40.1. The lowest BCUT2D eigenvalue weighted by molar-refractivity contribution is 0.00526. The van der Waals surface area contributed by atoms with Crippen LogP contribution in [0.5, 0.6) is 0 Å². The molecule has 4 heterocycles. The summed E-state index contributed by atoms with van der Waals surface area (Å²) in [4.78, 5) is 47.7. The fourth-order valence-corrected chi connectivity index (χ4v) is 10.2. The molecule has 10 rings (SSSR count). The van der Waals surface area contributed by atoms with E-state index in [1.807, 2.05) is 51.3 Å². The lowest BCUT2D eigenvalue weighted by Crippen LogP contribution is -2.43. The molecule has 10 heteroatoms. The number of imidazole rings is 2. The van der Waals surface area contributed by atoms with Gasteiger partial charge in [-0.15, -0.1) is 0 Å². The fourth-order valence-electron chi connectivity index (χ4n) is 10.2. The van der Waals surface area contributed by atoms with E-state index in [-0.39, 0.29) is 36.4 Å². The smallest absolute Gasteiger partial charge is 0.411 e. The summed E-state index contributed by atoms with van der Waals surface area (Å²) in [5.74, 6) is 2.48. The number of benzene rings is 4. The summed E-state index contributed by atoms with van der Waals surface area (Å²) < 4.78 is 11.7. The van der Waals surface area contributed by atoms with Crippen LogP contribution in [0.2, 0.25) is 0 Å². The molecule has 6 aromatic rings. The van der Waals surface area contributed by atoms with Gasteiger partial charge in [0.1, 0.15) is 22.9 Å². The van der Waals surface area contributed by atoms with E-state index < -0.39 is 11.2 Å². The van der Waals surface area contributed by atoms with Crippen LogP contribution in [0.15, 0.2) is 84.9 Å². The van der Waals surface area contributed by atoms with E-state index in [1.165, 1.54) is 0 Å². The number of hydrogen-bond donors (Lipinski definition) is 2. The number of nitrogens with one attached hydrogen (secondary N) is 2. The van der Waals surface area contributed by atoms with Crippen LogP contribution in [0.4, 0.5) is 9.59 Å². The van der Waals surface area contributed by atoms with Crippen molar-refractivity contribution in [3.63, 3.8) is 0 Å². The highest BCUT2D eigenvalue weighted by molar-refractivity contribution is 5.85. The largest absolute Gasteiger partial charge is 0.444 e. The second-order valence-corrected chi connectivity index (χ2v) is 19.0. The molecule has 2 saturated heterocycles. The minimum Gasteiger partial charge on any atom is -0.444 e. The van der Waals surface area contributed by atoms with Crippen LogP contribution in [-0.4, -0.2) is 65.2 Å². The van der Waals surface area contributed by atoms with Crippen molar-refractivity contribution in [1.29, 1.82) is 0 Å². The summed E-state index contributed by atoms with van der Waals surface area (Å²) in [5.41, 5.74) is 9.42. The third-order valence-electron chi connectivity index (χ3n) is 12.7. The van der Waals surface area contributed by atoms with Crippen LogP contribution >= 0.6 is 0 Å². The molecule has 0 unspecified atom stereocenters. The summed E-state index contributed by atoms with van der Waals surface area (Å²) in [5, 5.41) is 0. The molecule has 4 aromatic carbocycles. The quantitative estimate of drug-likeness (QED) is 0.180. The molecular formula is C48H52N6O4. The Balaban J connectivity index is 0.844. The van der Waals surface area contributed by atoms with Gasteiger partial charge in [-0.25, -0.2) is 19.6 Å². The highest BCUT2D eigenvalue weighted by Gasteiger charge is 2.52. The molecule has 6 atom stereocenters. The zero-order valence-corrected chi connectivity index (χ0v) is 34.2. The van der Waals surface area contributed by atoms with Gasteiger partial charge in [0.15, 0.2) is 0 Å². The third kappa shape index (κ3) is 6.60. The van der Waals surface area contributed by atoms with Crippen LogP contribution in [0.1, 0.15) is 104 Å². The number of carbonyl (C=O) groups is 2. The minimum atomic E-state index is -0.543. The van der Waals surface area contributed by atoms with E-state index in [2.05, 4.69) is 94.9 Å². The number of piperidine rings is 2. The maximum Gasteiger partial charge on any atom is 0.411 e. The Morgan fingerprint density at radius 2 is 0.879 bits per heavy atom. The maximum atomic E-state index is 13.3. The summed E-state index contributed by atoms with van der Waals surface area (Å²) >= 11 is 0. The molecule has 4 bridgehead atoms. The fraction of sp³-hybridized carbons (Fsp3) is 0.417. The van der Waals surface area contributed by atoms with Gasteiger partial charge >= 0.3 is 12.2 Å². The van der Waals surface area contributed by atoms with Crippen LogP contribution in [0.25, 0.3) is 55.4 Å². The molecule has 0 radical (unpaired) electrons. The predicted molar refractivity (Wildman–Crippen MR) is 226 cm³/mol. The Hall–Kier alpha value is -5.64. The van der Waals surface area contributed by atoms with Gasteiger partial charge in [-0.2, -0.15) is 0 Å². The van der Waals surface area contributed by atoms with Crippen molar-refractivity contribution >= 4 is 34.3 Å². The molecule has 2 aromatic heterocycles. The van der Waals surface area contributed by atoms with Gasteiger partial charge in [0.25, 0.3) is 0 Å². The molecule has 4 aliphatic rings. The Labute approximate surface area is 339 Å². The Morgan fingerprint density at radius 1 is 0.534 bits per heavy atom. The van der Waals surface area contributed by atoms with Crippen molar-refractivity contribution in [1.82, 2.24) is 29.7 Å². The number of amides is 2. The van der Waals surface area contributed by atoms with Gasteiger partial charge < -0.3 is 19.4 Å². The molecule has 2 aliphatic heterocycles. The lowest BCUT2D eigenvalue weighted by Gasteiger charge is -2.35. The SMILES string of the molecule is CC(C)(C)OC(=O)N1[C@@H]2CC[C@H](C2)[C@H]1c1nc2ccc(-c3ccc(-c4ccc(-c5ccc6nc([C@@H]7[C@@H]8CC[C@H](C8)N7C(=O)OC(C)(C)C)[nH]c6c5)cc4)cc3)cc2[nH]1. The predicted octanol–water partition coefficient (Wildman–Crippen LogP) is 11.4. The molecule has 4 fully saturated rings. The van der Waals surface area contributed by atoms with Crippen molar-refractivity contribution in [2.75, 3.05) is 0 Å². The minimum absolute atomic E-state index is 0.0910. The number of ether oxygens (including phenoxy) is 2. The number of rotatable bonds is 5. The van der Waals surface area contributed by atoms with Gasteiger partial charge in [0, 0.05) is 12.1 Å². The van der Waals surface area contributed by atoms with Crippen LogP contribution in [0, 0.1) is 11.8 Å². The van der Waals surface area contributed by atoms with E-state index in [1.54, 1.807) is 0 Å². The molecule has 298 valence electrons. The Morgan fingerprint density at radius 3 is 1.24 bits per heavy atom. The highest BCUT2D eigenvalue weighted by atomic mass is 16.6. The van der Waals surface area contributed by atoms with Gasteiger partial charge in [-0.3, -0.25) is 9.80 Å². The number of fused-ring (bicyclic) bond motifs is 6.